The van der Waals surface area contributed by atoms with Gasteiger partial charge in [0, 0.05) is 6.42 Å². The minimum absolute atomic E-state index is 0.191. The normalized spacial score (nSPS) is 12.2. The molecule has 0 aliphatic rings. The molecule has 4 nitrogen and oxygen atoms in total. The van der Waals surface area contributed by atoms with Crippen molar-refractivity contribution in [2.24, 2.45) is 5.92 Å². The molecule has 2 N–H and O–H groups in total. The van der Waals surface area contributed by atoms with Gasteiger partial charge in [-0.1, -0.05) is 84.0 Å². The fourth-order valence-corrected chi connectivity index (χ4v) is 3.11. The van der Waals surface area contributed by atoms with Gasteiger partial charge in [0.15, 0.2) is 0 Å². The number of aliphatic carboxylic acids is 2. The van der Waals surface area contributed by atoms with Crippen molar-refractivity contribution in [3.8, 4) is 0 Å². The first-order valence-electron chi connectivity index (χ1n) is 10.0. The summed E-state index contributed by atoms with van der Waals surface area (Å²) in [6, 6.07) is 0. The van der Waals surface area contributed by atoms with Gasteiger partial charge in [-0.15, -0.1) is 0 Å². The zero-order valence-electron chi connectivity index (χ0n) is 15.6. The van der Waals surface area contributed by atoms with Gasteiger partial charge >= 0.3 is 11.9 Å². The van der Waals surface area contributed by atoms with Crippen LogP contribution >= 0.6 is 0 Å². The molecule has 4 heteroatoms. The van der Waals surface area contributed by atoms with Crippen molar-refractivity contribution in [1.29, 1.82) is 0 Å². The summed E-state index contributed by atoms with van der Waals surface area (Å²) in [4.78, 5) is 21.7. The van der Waals surface area contributed by atoms with Gasteiger partial charge in [0.05, 0.1) is 5.92 Å². The minimum Gasteiger partial charge on any atom is -0.481 e. The molecule has 0 aliphatic heterocycles. The predicted molar refractivity (Wildman–Crippen MR) is 98.3 cm³/mol. The summed E-state index contributed by atoms with van der Waals surface area (Å²) in [6.45, 7) is 2.22. The summed E-state index contributed by atoms with van der Waals surface area (Å²) in [5.41, 5.74) is 0. The Hall–Kier alpha value is -1.06. The summed E-state index contributed by atoms with van der Waals surface area (Å²) in [5.74, 6) is -1.57. The minimum atomic E-state index is -0.730. The van der Waals surface area contributed by atoms with Crippen LogP contribution in [0.25, 0.3) is 0 Å². The fourth-order valence-electron chi connectivity index (χ4n) is 3.11. The lowest BCUT2D eigenvalue weighted by Gasteiger charge is -2.12. The second-order valence-corrected chi connectivity index (χ2v) is 7.00. The van der Waals surface area contributed by atoms with Crippen molar-refractivity contribution in [3.63, 3.8) is 0 Å². The van der Waals surface area contributed by atoms with E-state index in [1.807, 2.05) is 0 Å². The fraction of sp³-hybridized carbons (Fsp3) is 0.900. The molecule has 24 heavy (non-hydrogen) atoms. The van der Waals surface area contributed by atoms with Gasteiger partial charge in [0.25, 0.3) is 0 Å². The first kappa shape index (κ1) is 22.9. The molecule has 0 fully saturated rings. The van der Waals surface area contributed by atoms with Crippen molar-refractivity contribution in [2.45, 2.75) is 110 Å². The maximum Gasteiger partial charge on any atom is 0.306 e. The summed E-state index contributed by atoms with van der Waals surface area (Å²) < 4.78 is 0. The van der Waals surface area contributed by atoms with Crippen LogP contribution in [0.15, 0.2) is 0 Å². The maximum absolute atomic E-state index is 11.3. The monoisotopic (exact) mass is 342 g/mol. The smallest absolute Gasteiger partial charge is 0.306 e. The molecule has 0 saturated carbocycles. The third-order valence-corrected chi connectivity index (χ3v) is 4.70. The molecule has 0 radical (unpaired) electrons. The number of hydrogen-bond acceptors (Lipinski definition) is 2. The van der Waals surface area contributed by atoms with Crippen LogP contribution in [0.1, 0.15) is 110 Å². The molecule has 142 valence electrons. The second kappa shape index (κ2) is 16.8. The predicted octanol–water partition coefficient (Wildman–Crippen LogP) is 6.03. The Kier molecular flexibility index (Phi) is 16.0. The van der Waals surface area contributed by atoms with E-state index in [1.54, 1.807) is 0 Å². The number of carbonyl (C=O) groups is 2. The van der Waals surface area contributed by atoms with Gasteiger partial charge in [-0.25, -0.2) is 0 Å². The number of hydrogen-bond donors (Lipinski definition) is 2. The molecule has 0 rings (SSSR count). The zero-order chi connectivity index (χ0) is 18.0. The van der Waals surface area contributed by atoms with Crippen LogP contribution in [0, 0.1) is 5.92 Å². The molecule has 1 atom stereocenters. The van der Waals surface area contributed by atoms with Crippen molar-refractivity contribution in [2.75, 3.05) is 0 Å². The SMILES string of the molecule is CCCCCCCCCCC(CCCCCCCC(=O)O)C(=O)O. The molecular weight excluding hydrogens is 304 g/mol. The van der Waals surface area contributed by atoms with Crippen LogP contribution in [-0.4, -0.2) is 22.2 Å². The molecule has 0 aromatic carbocycles. The number of unbranched alkanes of at least 4 members (excludes halogenated alkanes) is 11. The summed E-state index contributed by atoms with van der Waals surface area (Å²) in [7, 11) is 0. The molecule has 0 heterocycles. The van der Waals surface area contributed by atoms with Gasteiger partial charge in [0.2, 0.25) is 0 Å². The lowest BCUT2D eigenvalue weighted by atomic mass is 9.94. The van der Waals surface area contributed by atoms with Crippen LogP contribution in [-0.2, 0) is 9.59 Å². The summed E-state index contributed by atoms with van der Waals surface area (Å²) in [5, 5.41) is 17.9. The van der Waals surface area contributed by atoms with E-state index in [2.05, 4.69) is 6.92 Å². The molecule has 0 saturated heterocycles. The van der Waals surface area contributed by atoms with Gasteiger partial charge < -0.3 is 10.2 Å². The lowest BCUT2D eigenvalue weighted by Crippen LogP contribution is -2.13. The molecule has 0 aromatic heterocycles. The van der Waals surface area contributed by atoms with Gasteiger partial charge in [-0.2, -0.15) is 0 Å². The second-order valence-electron chi connectivity index (χ2n) is 7.00. The Labute approximate surface area is 148 Å². The Balaban J connectivity index is 3.54. The molecule has 0 bridgehead atoms. The van der Waals surface area contributed by atoms with Gasteiger partial charge in [-0.3, -0.25) is 9.59 Å². The van der Waals surface area contributed by atoms with E-state index in [0.717, 1.165) is 57.8 Å². The molecule has 0 aliphatic carbocycles. The Morgan fingerprint density at radius 2 is 1.08 bits per heavy atom. The highest BCUT2D eigenvalue weighted by Gasteiger charge is 2.16. The van der Waals surface area contributed by atoms with Crippen LogP contribution in [0.3, 0.4) is 0 Å². The van der Waals surface area contributed by atoms with Crippen LogP contribution < -0.4 is 0 Å². The lowest BCUT2D eigenvalue weighted by molar-refractivity contribution is -0.142. The van der Waals surface area contributed by atoms with Crippen LogP contribution in [0.2, 0.25) is 0 Å². The van der Waals surface area contributed by atoms with E-state index in [4.69, 9.17) is 5.11 Å². The zero-order valence-corrected chi connectivity index (χ0v) is 15.6. The Bertz CT molecular complexity index is 315. The molecule has 0 spiro atoms. The maximum atomic E-state index is 11.3. The van der Waals surface area contributed by atoms with Gasteiger partial charge in [-0.05, 0) is 19.3 Å². The number of rotatable bonds is 18. The first-order chi connectivity index (χ1) is 11.6. The van der Waals surface area contributed by atoms with Crippen LogP contribution in [0.4, 0.5) is 0 Å². The van der Waals surface area contributed by atoms with Gasteiger partial charge in [0.1, 0.15) is 0 Å². The van der Waals surface area contributed by atoms with Crippen molar-refractivity contribution < 1.29 is 19.8 Å². The van der Waals surface area contributed by atoms with E-state index in [1.165, 1.54) is 38.5 Å². The largest absolute Gasteiger partial charge is 0.481 e. The highest BCUT2D eigenvalue weighted by Crippen LogP contribution is 2.19. The molecule has 0 aromatic rings. The molecule has 1 unspecified atom stereocenters. The highest BCUT2D eigenvalue weighted by molar-refractivity contribution is 5.69. The van der Waals surface area contributed by atoms with E-state index in [0.29, 0.717) is 0 Å². The van der Waals surface area contributed by atoms with Crippen molar-refractivity contribution >= 4 is 11.9 Å². The Morgan fingerprint density at radius 3 is 1.50 bits per heavy atom. The standard InChI is InChI=1S/C20H38O4/c1-2-3-4-5-6-7-9-12-15-18(20(23)24)16-13-10-8-11-14-17-19(21)22/h18H,2-17H2,1H3,(H,21,22)(H,23,24). The average Bonchev–Trinajstić information content (AvgIpc) is 2.53. The first-order valence-corrected chi connectivity index (χ1v) is 10.0. The topological polar surface area (TPSA) is 74.6 Å². The van der Waals surface area contributed by atoms with Crippen molar-refractivity contribution in [3.05, 3.63) is 0 Å². The molecule has 0 amide bonds. The average molecular weight is 343 g/mol. The number of carboxylic acid groups (broad SMARTS) is 2. The quantitative estimate of drug-likeness (QED) is 0.298. The van der Waals surface area contributed by atoms with Crippen LogP contribution in [0.5, 0.6) is 0 Å². The third kappa shape index (κ3) is 15.8. The third-order valence-electron chi connectivity index (χ3n) is 4.70. The highest BCUT2D eigenvalue weighted by atomic mass is 16.4. The van der Waals surface area contributed by atoms with E-state index >= 15 is 0 Å². The van der Waals surface area contributed by atoms with Crippen molar-refractivity contribution in [1.82, 2.24) is 0 Å². The van der Waals surface area contributed by atoms with E-state index in [9.17, 15) is 14.7 Å². The summed E-state index contributed by atoms with van der Waals surface area (Å²) in [6.07, 6.45) is 16.4. The summed E-state index contributed by atoms with van der Waals surface area (Å²) >= 11 is 0. The number of carboxylic acids is 2. The van der Waals surface area contributed by atoms with E-state index in [-0.39, 0.29) is 12.3 Å². The molecular formula is C20H38O4. The Morgan fingerprint density at radius 1 is 0.667 bits per heavy atom. The van der Waals surface area contributed by atoms with E-state index < -0.39 is 11.9 Å².